The second-order valence-electron chi connectivity index (χ2n) is 7.61. The van der Waals surface area contributed by atoms with Gasteiger partial charge in [-0.1, -0.05) is 30.3 Å². The lowest BCUT2D eigenvalue weighted by Gasteiger charge is -2.20. The van der Waals surface area contributed by atoms with Crippen LogP contribution in [0.5, 0.6) is 0 Å². The number of benzene rings is 1. The Hall–Kier alpha value is -3.35. The van der Waals surface area contributed by atoms with Crippen LogP contribution in [0.15, 0.2) is 65.9 Å². The molecule has 0 aliphatic carbocycles. The van der Waals surface area contributed by atoms with Crippen molar-refractivity contribution in [3.05, 3.63) is 94.6 Å². The summed E-state index contributed by atoms with van der Waals surface area (Å²) in [6.45, 7) is 2.35. The Morgan fingerprint density at radius 3 is 2.58 bits per heavy atom. The number of hydrogen-bond acceptors (Lipinski definition) is 4. The SMILES string of the molecule is Cc1cc(C2=NCc3cc(CC(=O)C[C@H](c4ccccc4)C(F)(F)F)ncc32)ccn1. The monoisotopic (exact) mass is 423 g/mol. The minimum atomic E-state index is -4.49. The molecule has 1 aliphatic heterocycles. The number of alkyl halides is 3. The van der Waals surface area contributed by atoms with E-state index in [0.717, 1.165) is 28.1 Å². The van der Waals surface area contributed by atoms with Crippen LogP contribution in [0.4, 0.5) is 13.2 Å². The van der Waals surface area contributed by atoms with Gasteiger partial charge in [0.2, 0.25) is 0 Å². The Kier molecular flexibility index (Phi) is 5.67. The molecule has 1 aliphatic rings. The molecule has 31 heavy (non-hydrogen) atoms. The first-order valence-electron chi connectivity index (χ1n) is 9.90. The third-order valence-corrected chi connectivity index (χ3v) is 5.29. The number of Topliss-reactive ketones (excluding diaryl/α,β-unsaturated/α-hetero) is 1. The zero-order valence-electron chi connectivity index (χ0n) is 16.9. The predicted octanol–water partition coefficient (Wildman–Crippen LogP) is 4.98. The number of hydrogen-bond donors (Lipinski definition) is 0. The largest absolute Gasteiger partial charge is 0.396 e. The number of aromatic nitrogens is 2. The summed E-state index contributed by atoms with van der Waals surface area (Å²) in [6.07, 6.45) is -1.87. The van der Waals surface area contributed by atoms with E-state index >= 15 is 0 Å². The lowest BCUT2D eigenvalue weighted by Crippen LogP contribution is -2.24. The van der Waals surface area contributed by atoms with E-state index in [0.29, 0.717) is 12.2 Å². The summed E-state index contributed by atoms with van der Waals surface area (Å²) in [6, 6.07) is 13.1. The van der Waals surface area contributed by atoms with Gasteiger partial charge in [0, 0.05) is 47.8 Å². The molecule has 158 valence electrons. The van der Waals surface area contributed by atoms with Gasteiger partial charge >= 0.3 is 6.18 Å². The Bertz CT molecular complexity index is 1140. The topological polar surface area (TPSA) is 55.2 Å². The molecule has 3 heterocycles. The first-order valence-corrected chi connectivity index (χ1v) is 9.90. The molecule has 0 bridgehead atoms. The normalized spacial score (nSPS) is 14.1. The van der Waals surface area contributed by atoms with E-state index < -0.39 is 24.3 Å². The fourth-order valence-corrected chi connectivity index (χ4v) is 3.79. The summed E-state index contributed by atoms with van der Waals surface area (Å²) < 4.78 is 40.6. The highest BCUT2D eigenvalue weighted by atomic mass is 19.4. The molecule has 0 saturated heterocycles. The van der Waals surface area contributed by atoms with Gasteiger partial charge in [-0.25, -0.2) is 0 Å². The summed E-state index contributed by atoms with van der Waals surface area (Å²) in [4.78, 5) is 25.6. The molecule has 0 radical (unpaired) electrons. The van der Waals surface area contributed by atoms with Crippen molar-refractivity contribution in [3.63, 3.8) is 0 Å². The zero-order chi connectivity index (χ0) is 22.0. The van der Waals surface area contributed by atoms with Crippen LogP contribution in [0.2, 0.25) is 0 Å². The summed E-state index contributed by atoms with van der Waals surface area (Å²) >= 11 is 0. The molecule has 4 nitrogen and oxygen atoms in total. The summed E-state index contributed by atoms with van der Waals surface area (Å²) in [5.74, 6) is -2.32. The molecule has 4 rings (SSSR count). The van der Waals surface area contributed by atoms with Crippen molar-refractivity contribution in [1.82, 2.24) is 9.97 Å². The van der Waals surface area contributed by atoms with Gasteiger partial charge in [-0.05, 0) is 36.2 Å². The van der Waals surface area contributed by atoms with Crippen LogP contribution in [0.3, 0.4) is 0 Å². The Balaban J connectivity index is 1.49. The highest BCUT2D eigenvalue weighted by Crippen LogP contribution is 2.37. The molecule has 3 aromatic rings. The van der Waals surface area contributed by atoms with Crippen LogP contribution in [0.25, 0.3) is 0 Å². The van der Waals surface area contributed by atoms with E-state index in [1.54, 1.807) is 36.7 Å². The maximum absolute atomic E-state index is 13.5. The first kappa shape index (κ1) is 20.9. The van der Waals surface area contributed by atoms with E-state index in [2.05, 4.69) is 15.0 Å². The number of rotatable bonds is 6. The first-order chi connectivity index (χ1) is 14.8. The Labute approximate surface area is 177 Å². The lowest BCUT2D eigenvalue weighted by molar-refractivity contribution is -0.156. The third kappa shape index (κ3) is 4.71. The number of halogens is 3. The number of fused-ring (bicyclic) bond motifs is 1. The van der Waals surface area contributed by atoms with Crippen molar-refractivity contribution in [2.24, 2.45) is 4.99 Å². The number of aliphatic imine (C=N–C) groups is 1. The van der Waals surface area contributed by atoms with Gasteiger partial charge in [-0.15, -0.1) is 0 Å². The summed E-state index contributed by atoms with van der Waals surface area (Å²) in [7, 11) is 0. The maximum Gasteiger partial charge on any atom is 0.396 e. The van der Waals surface area contributed by atoms with E-state index in [1.165, 1.54) is 12.1 Å². The highest BCUT2D eigenvalue weighted by Gasteiger charge is 2.41. The Morgan fingerprint density at radius 1 is 1.10 bits per heavy atom. The average Bonchev–Trinajstić information content (AvgIpc) is 3.15. The highest BCUT2D eigenvalue weighted by molar-refractivity contribution is 6.15. The van der Waals surface area contributed by atoms with Crippen molar-refractivity contribution in [2.75, 3.05) is 0 Å². The maximum atomic E-state index is 13.5. The summed E-state index contributed by atoms with van der Waals surface area (Å²) in [5, 5.41) is 0. The van der Waals surface area contributed by atoms with Gasteiger partial charge in [-0.3, -0.25) is 19.8 Å². The molecule has 0 spiro atoms. The molecule has 0 unspecified atom stereocenters. The van der Waals surface area contributed by atoms with Crippen LogP contribution < -0.4 is 0 Å². The minimum absolute atomic E-state index is 0.0935. The summed E-state index contributed by atoms with van der Waals surface area (Å²) in [5.41, 5.74) is 4.97. The number of aryl methyl sites for hydroxylation is 1. The Morgan fingerprint density at radius 2 is 1.87 bits per heavy atom. The average molecular weight is 423 g/mol. The van der Waals surface area contributed by atoms with Crippen LogP contribution in [-0.2, 0) is 17.8 Å². The second-order valence-corrected chi connectivity index (χ2v) is 7.61. The van der Waals surface area contributed by atoms with Crippen LogP contribution in [0, 0.1) is 6.92 Å². The van der Waals surface area contributed by atoms with E-state index in [4.69, 9.17) is 0 Å². The van der Waals surface area contributed by atoms with Crippen molar-refractivity contribution in [1.29, 1.82) is 0 Å². The molecular formula is C24H20F3N3O. The minimum Gasteiger partial charge on any atom is -0.299 e. The molecule has 0 fully saturated rings. The quantitative estimate of drug-likeness (QED) is 0.562. The molecule has 0 amide bonds. The number of carbonyl (C=O) groups is 1. The number of ketones is 1. The van der Waals surface area contributed by atoms with Gasteiger partial charge < -0.3 is 0 Å². The van der Waals surface area contributed by atoms with E-state index in [9.17, 15) is 18.0 Å². The van der Waals surface area contributed by atoms with Crippen molar-refractivity contribution < 1.29 is 18.0 Å². The molecule has 0 N–H and O–H groups in total. The smallest absolute Gasteiger partial charge is 0.299 e. The lowest BCUT2D eigenvalue weighted by atomic mass is 9.91. The van der Waals surface area contributed by atoms with Gasteiger partial charge in [-0.2, -0.15) is 13.2 Å². The van der Waals surface area contributed by atoms with E-state index in [1.807, 2.05) is 19.1 Å². The zero-order valence-corrected chi connectivity index (χ0v) is 16.9. The van der Waals surface area contributed by atoms with Gasteiger partial charge in [0.1, 0.15) is 5.78 Å². The molecule has 1 aromatic carbocycles. The van der Waals surface area contributed by atoms with E-state index in [-0.39, 0.29) is 12.0 Å². The molecular weight excluding hydrogens is 403 g/mol. The fraction of sp³-hybridized carbons (Fsp3) is 0.250. The number of pyridine rings is 2. The molecule has 1 atom stereocenters. The number of carbonyl (C=O) groups excluding carboxylic acids is 1. The van der Waals surface area contributed by atoms with Gasteiger partial charge in [0.15, 0.2) is 0 Å². The van der Waals surface area contributed by atoms with Gasteiger partial charge in [0.25, 0.3) is 0 Å². The van der Waals surface area contributed by atoms with Crippen LogP contribution in [0.1, 0.15) is 46.0 Å². The van der Waals surface area contributed by atoms with Crippen LogP contribution in [-0.4, -0.2) is 27.6 Å². The third-order valence-electron chi connectivity index (χ3n) is 5.29. The fourth-order valence-electron chi connectivity index (χ4n) is 3.79. The van der Waals surface area contributed by atoms with Gasteiger partial charge in [0.05, 0.1) is 18.2 Å². The van der Waals surface area contributed by atoms with Crippen molar-refractivity contribution in [2.45, 2.75) is 38.4 Å². The van der Waals surface area contributed by atoms with Crippen molar-refractivity contribution >= 4 is 11.5 Å². The number of nitrogens with zero attached hydrogens (tertiary/aromatic N) is 3. The molecule has 0 saturated carbocycles. The standard InChI is InChI=1S/C24H20F3N3O/c1-15-9-17(7-8-28-15)23-21-14-29-19(10-18(21)13-30-23)11-20(31)12-22(24(25,26)27)16-5-3-2-4-6-16/h2-10,14,22H,11-13H2,1H3/t22-/m1/s1. The molecule has 7 heteroatoms. The predicted molar refractivity (Wildman–Crippen MR) is 111 cm³/mol. The second kappa shape index (κ2) is 8.41. The molecule has 2 aromatic heterocycles. The van der Waals surface area contributed by atoms with Crippen molar-refractivity contribution in [3.8, 4) is 0 Å². The van der Waals surface area contributed by atoms with Crippen LogP contribution >= 0.6 is 0 Å².